The zero-order valence-electron chi connectivity index (χ0n) is 12.2. The highest BCUT2D eigenvalue weighted by Gasteiger charge is 2.20. The van der Waals surface area contributed by atoms with E-state index in [1.807, 2.05) is 0 Å². The minimum absolute atomic E-state index is 0.112. The lowest BCUT2D eigenvalue weighted by Gasteiger charge is -2.27. The van der Waals surface area contributed by atoms with Gasteiger partial charge in [0, 0.05) is 13.1 Å². The summed E-state index contributed by atoms with van der Waals surface area (Å²) in [7, 11) is 0. The molecule has 0 spiro atoms. The number of nitrogens with zero attached hydrogens (tertiary/aromatic N) is 1. The quantitative estimate of drug-likeness (QED) is 0.660. The Labute approximate surface area is 120 Å². The lowest BCUT2D eigenvalue weighted by atomic mass is 9.87. The predicted octanol–water partition coefficient (Wildman–Crippen LogP) is 1.43. The summed E-state index contributed by atoms with van der Waals surface area (Å²) in [4.78, 5) is 24.2. The van der Waals surface area contributed by atoms with Gasteiger partial charge in [0.1, 0.15) is 6.04 Å². The minimum Gasteiger partial charge on any atom is -0.480 e. The van der Waals surface area contributed by atoms with E-state index in [0.29, 0.717) is 12.5 Å². The SMILES string of the molecule is C[C@@H](NC(=O)N(CCO)CCC1CCCCC1)C(=O)O. The van der Waals surface area contributed by atoms with E-state index in [9.17, 15) is 9.59 Å². The van der Waals surface area contributed by atoms with Crippen molar-refractivity contribution in [2.75, 3.05) is 19.7 Å². The Hall–Kier alpha value is -1.30. The van der Waals surface area contributed by atoms with Crippen LogP contribution in [0.5, 0.6) is 0 Å². The van der Waals surface area contributed by atoms with Gasteiger partial charge in [0.15, 0.2) is 0 Å². The fourth-order valence-corrected chi connectivity index (χ4v) is 2.59. The average Bonchev–Trinajstić information content (AvgIpc) is 2.44. The third-order valence-corrected chi connectivity index (χ3v) is 3.90. The summed E-state index contributed by atoms with van der Waals surface area (Å²) >= 11 is 0. The third kappa shape index (κ3) is 5.77. The molecule has 20 heavy (non-hydrogen) atoms. The largest absolute Gasteiger partial charge is 0.480 e. The van der Waals surface area contributed by atoms with Crippen molar-refractivity contribution in [1.29, 1.82) is 0 Å². The van der Waals surface area contributed by atoms with Gasteiger partial charge in [-0.1, -0.05) is 32.1 Å². The average molecular weight is 286 g/mol. The van der Waals surface area contributed by atoms with E-state index in [0.717, 1.165) is 6.42 Å². The van der Waals surface area contributed by atoms with Crippen LogP contribution in [0.25, 0.3) is 0 Å². The molecule has 0 saturated heterocycles. The maximum atomic E-state index is 12.0. The van der Waals surface area contributed by atoms with Crippen LogP contribution in [0.1, 0.15) is 45.4 Å². The Kier molecular flexibility index (Phi) is 7.36. The Morgan fingerprint density at radius 1 is 1.25 bits per heavy atom. The normalized spacial score (nSPS) is 17.5. The topological polar surface area (TPSA) is 89.9 Å². The first-order chi connectivity index (χ1) is 9.54. The Morgan fingerprint density at radius 3 is 2.45 bits per heavy atom. The number of hydrogen-bond donors (Lipinski definition) is 3. The molecule has 0 heterocycles. The predicted molar refractivity (Wildman–Crippen MR) is 75.5 cm³/mol. The van der Waals surface area contributed by atoms with E-state index >= 15 is 0 Å². The van der Waals surface area contributed by atoms with Crippen LogP contribution in [0.2, 0.25) is 0 Å². The summed E-state index contributed by atoms with van der Waals surface area (Å²) in [5, 5.41) is 20.2. The molecule has 0 aromatic heterocycles. The number of amides is 2. The standard InChI is InChI=1S/C14H26N2O4/c1-11(13(18)19)15-14(20)16(9-10-17)8-7-12-5-3-2-4-6-12/h11-12,17H,2-10H2,1H3,(H,15,20)(H,18,19)/t11-/m1/s1. The molecule has 116 valence electrons. The van der Waals surface area contributed by atoms with Gasteiger partial charge in [-0.05, 0) is 19.3 Å². The molecule has 3 N–H and O–H groups in total. The fraction of sp³-hybridized carbons (Fsp3) is 0.857. The number of carboxylic acids is 1. The van der Waals surface area contributed by atoms with E-state index in [2.05, 4.69) is 5.32 Å². The molecule has 0 unspecified atom stereocenters. The number of carbonyl (C=O) groups is 2. The number of urea groups is 1. The lowest BCUT2D eigenvalue weighted by molar-refractivity contribution is -0.138. The summed E-state index contributed by atoms with van der Waals surface area (Å²) in [6.07, 6.45) is 7.16. The zero-order valence-corrected chi connectivity index (χ0v) is 12.2. The molecule has 1 atom stereocenters. The molecule has 1 aliphatic rings. The van der Waals surface area contributed by atoms with Crippen LogP contribution >= 0.6 is 0 Å². The van der Waals surface area contributed by atoms with Crippen molar-refractivity contribution in [3.8, 4) is 0 Å². The molecule has 0 aromatic rings. The van der Waals surface area contributed by atoms with Gasteiger partial charge >= 0.3 is 12.0 Å². The molecule has 1 fully saturated rings. The molecule has 1 aliphatic carbocycles. The van der Waals surface area contributed by atoms with Gasteiger partial charge in [-0.2, -0.15) is 0 Å². The third-order valence-electron chi connectivity index (χ3n) is 3.90. The zero-order chi connectivity index (χ0) is 15.0. The molecule has 6 heteroatoms. The molecule has 6 nitrogen and oxygen atoms in total. The maximum absolute atomic E-state index is 12.0. The second kappa shape index (κ2) is 8.79. The van der Waals surface area contributed by atoms with Crippen LogP contribution < -0.4 is 5.32 Å². The van der Waals surface area contributed by atoms with Crippen LogP contribution in [-0.4, -0.2) is 52.9 Å². The first-order valence-electron chi connectivity index (χ1n) is 7.43. The smallest absolute Gasteiger partial charge is 0.325 e. The highest BCUT2D eigenvalue weighted by atomic mass is 16.4. The summed E-state index contributed by atoms with van der Waals surface area (Å²) < 4.78 is 0. The molecule has 2 amide bonds. The summed E-state index contributed by atoms with van der Waals surface area (Å²) in [5.74, 6) is -0.413. The first kappa shape index (κ1) is 16.8. The van der Waals surface area contributed by atoms with Crippen LogP contribution in [-0.2, 0) is 4.79 Å². The maximum Gasteiger partial charge on any atom is 0.325 e. The van der Waals surface area contributed by atoms with Crippen molar-refractivity contribution in [2.45, 2.75) is 51.5 Å². The molecule has 1 saturated carbocycles. The van der Waals surface area contributed by atoms with Gasteiger partial charge in [0.2, 0.25) is 0 Å². The van der Waals surface area contributed by atoms with Crippen molar-refractivity contribution in [3.63, 3.8) is 0 Å². The Balaban J connectivity index is 2.41. The van der Waals surface area contributed by atoms with Crippen molar-refractivity contribution < 1.29 is 19.8 Å². The number of aliphatic hydroxyl groups excluding tert-OH is 1. The molecule has 0 aromatic carbocycles. The number of aliphatic hydroxyl groups is 1. The molecule has 0 aliphatic heterocycles. The van der Waals surface area contributed by atoms with Crippen LogP contribution in [0.4, 0.5) is 4.79 Å². The van der Waals surface area contributed by atoms with Crippen molar-refractivity contribution in [2.24, 2.45) is 5.92 Å². The van der Waals surface area contributed by atoms with Crippen molar-refractivity contribution in [1.82, 2.24) is 10.2 Å². The van der Waals surface area contributed by atoms with Crippen LogP contribution in [0, 0.1) is 5.92 Å². The van der Waals surface area contributed by atoms with Crippen LogP contribution in [0.15, 0.2) is 0 Å². The number of rotatable bonds is 7. The van der Waals surface area contributed by atoms with Crippen LogP contribution in [0.3, 0.4) is 0 Å². The summed E-state index contributed by atoms with van der Waals surface area (Å²) in [5.41, 5.74) is 0. The Morgan fingerprint density at radius 2 is 1.90 bits per heavy atom. The number of carbonyl (C=O) groups excluding carboxylic acids is 1. The monoisotopic (exact) mass is 286 g/mol. The molecule has 1 rings (SSSR count). The van der Waals surface area contributed by atoms with Gasteiger partial charge in [-0.15, -0.1) is 0 Å². The minimum atomic E-state index is -1.06. The summed E-state index contributed by atoms with van der Waals surface area (Å²) in [6.45, 7) is 2.13. The van der Waals surface area contributed by atoms with E-state index in [1.54, 1.807) is 0 Å². The lowest BCUT2D eigenvalue weighted by Crippen LogP contribution is -2.48. The second-order valence-electron chi connectivity index (χ2n) is 5.51. The number of nitrogens with one attached hydrogen (secondary N) is 1. The van der Waals surface area contributed by atoms with E-state index < -0.39 is 18.0 Å². The molecular formula is C14H26N2O4. The molecule has 0 radical (unpaired) electrons. The summed E-state index contributed by atoms with van der Waals surface area (Å²) in [6, 6.07) is -1.33. The van der Waals surface area contributed by atoms with E-state index in [-0.39, 0.29) is 13.2 Å². The van der Waals surface area contributed by atoms with Gasteiger partial charge in [0.05, 0.1) is 6.61 Å². The first-order valence-corrected chi connectivity index (χ1v) is 7.43. The van der Waals surface area contributed by atoms with E-state index in [1.165, 1.54) is 43.9 Å². The van der Waals surface area contributed by atoms with Gasteiger partial charge < -0.3 is 20.4 Å². The van der Waals surface area contributed by atoms with E-state index in [4.69, 9.17) is 10.2 Å². The van der Waals surface area contributed by atoms with Crippen molar-refractivity contribution in [3.05, 3.63) is 0 Å². The van der Waals surface area contributed by atoms with Gasteiger partial charge in [-0.3, -0.25) is 4.79 Å². The molecular weight excluding hydrogens is 260 g/mol. The number of carboxylic acid groups (broad SMARTS) is 1. The number of hydrogen-bond acceptors (Lipinski definition) is 3. The molecule has 0 bridgehead atoms. The fourth-order valence-electron chi connectivity index (χ4n) is 2.59. The van der Waals surface area contributed by atoms with Gasteiger partial charge in [-0.25, -0.2) is 4.79 Å². The van der Waals surface area contributed by atoms with Crippen molar-refractivity contribution >= 4 is 12.0 Å². The van der Waals surface area contributed by atoms with Gasteiger partial charge in [0.25, 0.3) is 0 Å². The highest BCUT2D eigenvalue weighted by molar-refractivity contribution is 5.82. The number of aliphatic carboxylic acids is 1. The second-order valence-corrected chi connectivity index (χ2v) is 5.51. The highest BCUT2D eigenvalue weighted by Crippen LogP contribution is 2.26. The Bertz CT molecular complexity index is 316.